The van der Waals surface area contributed by atoms with Crippen molar-refractivity contribution in [1.29, 1.82) is 0 Å². The molecular formula is C12H13N5. The second kappa shape index (κ2) is 3.93. The van der Waals surface area contributed by atoms with Crippen LogP contribution in [-0.4, -0.2) is 20.0 Å². The van der Waals surface area contributed by atoms with Gasteiger partial charge in [-0.05, 0) is 12.1 Å². The molecule has 0 saturated heterocycles. The molecule has 17 heavy (non-hydrogen) atoms. The third kappa shape index (κ3) is 1.87. The molecule has 3 aromatic rings. The number of H-pyrrole nitrogens is 1. The molecule has 0 atom stereocenters. The lowest BCUT2D eigenvalue weighted by atomic mass is 10.2. The molecule has 0 fully saturated rings. The number of anilines is 1. The van der Waals surface area contributed by atoms with Crippen molar-refractivity contribution in [1.82, 2.24) is 20.0 Å². The van der Waals surface area contributed by atoms with Crippen LogP contribution in [0.4, 0.5) is 5.69 Å². The Bertz CT molecular complexity index is 637. The van der Waals surface area contributed by atoms with Crippen LogP contribution in [0.25, 0.3) is 10.9 Å². The van der Waals surface area contributed by atoms with Crippen molar-refractivity contribution in [2.45, 2.75) is 6.54 Å². The van der Waals surface area contributed by atoms with Gasteiger partial charge in [-0.2, -0.15) is 10.2 Å². The summed E-state index contributed by atoms with van der Waals surface area (Å²) < 4.78 is 1.80. The molecule has 2 heterocycles. The first-order valence-corrected chi connectivity index (χ1v) is 5.46. The molecule has 5 nitrogen and oxygen atoms in total. The zero-order valence-corrected chi connectivity index (χ0v) is 9.51. The van der Waals surface area contributed by atoms with Gasteiger partial charge in [0, 0.05) is 36.4 Å². The molecule has 0 saturated carbocycles. The van der Waals surface area contributed by atoms with Crippen LogP contribution in [0, 0.1) is 0 Å². The standard InChI is InChI=1S/C12H13N5/c1-17-8-9(6-15-17)5-13-11-3-2-4-12-10(11)7-14-16-12/h2-4,6-8,13H,5H2,1H3,(H,14,16). The predicted octanol–water partition coefficient (Wildman–Crippen LogP) is 1.91. The Labute approximate surface area is 98.5 Å². The van der Waals surface area contributed by atoms with Gasteiger partial charge < -0.3 is 5.32 Å². The number of aromatic amines is 1. The number of benzene rings is 1. The van der Waals surface area contributed by atoms with E-state index in [1.165, 1.54) is 0 Å². The van der Waals surface area contributed by atoms with E-state index in [1.54, 1.807) is 4.68 Å². The van der Waals surface area contributed by atoms with Gasteiger partial charge in [-0.15, -0.1) is 0 Å². The molecule has 0 aliphatic heterocycles. The molecule has 5 heteroatoms. The van der Waals surface area contributed by atoms with Crippen LogP contribution in [-0.2, 0) is 13.6 Å². The van der Waals surface area contributed by atoms with Gasteiger partial charge in [0.05, 0.1) is 17.9 Å². The highest BCUT2D eigenvalue weighted by Crippen LogP contribution is 2.21. The van der Waals surface area contributed by atoms with Gasteiger partial charge in [0.25, 0.3) is 0 Å². The van der Waals surface area contributed by atoms with Crippen molar-refractivity contribution in [3.63, 3.8) is 0 Å². The third-order valence-corrected chi connectivity index (χ3v) is 2.73. The first-order chi connectivity index (χ1) is 8.33. The zero-order valence-electron chi connectivity index (χ0n) is 9.51. The lowest BCUT2D eigenvalue weighted by Crippen LogP contribution is -1.98. The number of nitrogens with zero attached hydrogens (tertiary/aromatic N) is 3. The van der Waals surface area contributed by atoms with E-state index < -0.39 is 0 Å². The first kappa shape index (κ1) is 9.89. The quantitative estimate of drug-likeness (QED) is 0.718. The summed E-state index contributed by atoms with van der Waals surface area (Å²) in [6, 6.07) is 6.07. The maximum absolute atomic E-state index is 4.14. The Morgan fingerprint density at radius 2 is 2.29 bits per heavy atom. The lowest BCUT2D eigenvalue weighted by molar-refractivity contribution is 0.767. The SMILES string of the molecule is Cn1cc(CNc2cccc3[nH]ncc23)cn1. The molecule has 3 rings (SSSR count). The molecule has 0 aliphatic carbocycles. The average Bonchev–Trinajstić information content (AvgIpc) is 2.94. The molecule has 0 amide bonds. The summed E-state index contributed by atoms with van der Waals surface area (Å²) in [6.07, 6.45) is 5.70. The summed E-state index contributed by atoms with van der Waals surface area (Å²) in [5, 5.41) is 15.6. The second-order valence-electron chi connectivity index (χ2n) is 4.01. The minimum Gasteiger partial charge on any atom is -0.380 e. The molecular weight excluding hydrogens is 214 g/mol. The Kier molecular flexibility index (Phi) is 2.29. The van der Waals surface area contributed by atoms with Gasteiger partial charge in [-0.1, -0.05) is 6.07 Å². The highest BCUT2D eigenvalue weighted by molar-refractivity contribution is 5.90. The van der Waals surface area contributed by atoms with Crippen molar-refractivity contribution in [3.8, 4) is 0 Å². The predicted molar refractivity (Wildman–Crippen MR) is 66.6 cm³/mol. The molecule has 2 aromatic heterocycles. The zero-order chi connectivity index (χ0) is 11.7. The normalized spacial score (nSPS) is 10.9. The van der Waals surface area contributed by atoms with Crippen LogP contribution in [0.1, 0.15) is 5.56 Å². The molecule has 86 valence electrons. The first-order valence-electron chi connectivity index (χ1n) is 5.46. The number of aromatic nitrogens is 4. The monoisotopic (exact) mass is 227 g/mol. The summed E-state index contributed by atoms with van der Waals surface area (Å²) in [7, 11) is 1.92. The Hall–Kier alpha value is -2.30. The van der Waals surface area contributed by atoms with Crippen molar-refractivity contribution >= 4 is 16.6 Å². The molecule has 0 spiro atoms. The van der Waals surface area contributed by atoms with E-state index in [9.17, 15) is 0 Å². The Balaban J connectivity index is 1.83. The summed E-state index contributed by atoms with van der Waals surface area (Å²) in [4.78, 5) is 0. The number of fused-ring (bicyclic) bond motifs is 1. The topological polar surface area (TPSA) is 58.5 Å². The van der Waals surface area contributed by atoms with Crippen LogP contribution in [0.2, 0.25) is 0 Å². The molecule has 2 N–H and O–H groups in total. The lowest BCUT2D eigenvalue weighted by Gasteiger charge is -2.05. The largest absolute Gasteiger partial charge is 0.380 e. The van der Waals surface area contributed by atoms with Crippen molar-refractivity contribution in [3.05, 3.63) is 42.4 Å². The molecule has 0 radical (unpaired) electrons. The number of hydrogen-bond donors (Lipinski definition) is 2. The van der Waals surface area contributed by atoms with Gasteiger partial charge in [0.2, 0.25) is 0 Å². The molecule has 0 aliphatic rings. The van der Waals surface area contributed by atoms with Crippen molar-refractivity contribution in [2.24, 2.45) is 7.05 Å². The van der Waals surface area contributed by atoms with Crippen LogP contribution in [0.15, 0.2) is 36.8 Å². The summed E-state index contributed by atoms with van der Waals surface area (Å²) in [6.45, 7) is 0.762. The summed E-state index contributed by atoms with van der Waals surface area (Å²) >= 11 is 0. The molecule has 0 unspecified atom stereocenters. The molecule has 0 bridgehead atoms. The number of rotatable bonds is 3. The number of nitrogens with one attached hydrogen (secondary N) is 2. The Morgan fingerprint density at radius 1 is 1.35 bits per heavy atom. The van der Waals surface area contributed by atoms with Crippen molar-refractivity contribution < 1.29 is 0 Å². The average molecular weight is 227 g/mol. The molecule has 1 aromatic carbocycles. The third-order valence-electron chi connectivity index (χ3n) is 2.73. The van der Waals surface area contributed by atoms with Crippen LogP contribution in [0.5, 0.6) is 0 Å². The minimum atomic E-state index is 0.762. The Morgan fingerprint density at radius 3 is 3.12 bits per heavy atom. The second-order valence-corrected chi connectivity index (χ2v) is 4.01. The fraction of sp³-hybridized carbons (Fsp3) is 0.167. The maximum Gasteiger partial charge on any atom is 0.0671 e. The maximum atomic E-state index is 4.14. The summed E-state index contributed by atoms with van der Waals surface area (Å²) in [5.41, 5.74) is 3.29. The summed E-state index contributed by atoms with van der Waals surface area (Å²) in [5.74, 6) is 0. The number of hydrogen-bond acceptors (Lipinski definition) is 3. The van der Waals surface area contributed by atoms with E-state index >= 15 is 0 Å². The van der Waals surface area contributed by atoms with Gasteiger partial charge in [-0.25, -0.2) is 0 Å². The van der Waals surface area contributed by atoms with E-state index in [0.717, 1.165) is 28.7 Å². The van der Waals surface area contributed by atoms with Crippen LogP contribution >= 0.6 is 0 Å². The highest BCUT2D eigenvalue weighted by Gasteiger charge is 2.02. The van der Waals surface area contributed by atoms with Gasteiger partial charge >= 0.3 is 0 Å². The smallest absolute Gasteiger partial charge is 0.0671 e. The van der Waals surface area contributed by atoms with E-state index in [2.05, 4.69) is 20.6 Å². The van der Waals surface area contributed by atoms with Gasteiger partial charge in [0.15, 0.2) is 0 Å². The van der Waals surface area contributed by atoms with Crippen LogP contribution in [0.3, 0.4) is 0 Å². The van der Waals surface area contributed by atoms with Crippen molar-refractivity contribution in [2.75, 3.05) is 5.32 Å². The minimum absolute atomic E-state index is 0.762. The van der Waals surface area contributed by atoms with E-state index in [1.807, 2.05) is 43.8 Å². The fourth-order valence-corrected chi connectivity index (χ4v) is 1.88. The number of aryl methyl sites for hydroxylation is 1. The highest BCUT2D eigenvalue weighted by atomic mass is 15.2. The van der Waals surface area contributed by atoms with E-state index in [4.69, 9.17) is 0 Å². The fourth-order valence-electron chi connectivity index (χ4n) is 1.88. The van der Waals surface area contributed by atoms with E-state index in [-0.39, 0.29) is 0 Å². The van der Waals surface area contributed by atoms with Gasteiger partial charge in [-0.3, -0.25) is 9.78 Å². The van der Waals surface area contributed by atoms with E-state index in [0.29, 0.717) is 0 Å². The van der Waals surface area contributed by atoms with Gasteiger partial charge in [0.1, 0.15) is 0 Å². The van der Waals surface area contributed by atoms with Crippen LogP contribution < -0.4 is 5.32 Å².